The second kappa shape index (κ2) is 11.7. The maximum atomic E-state index is 13.4. The van der Waals surface area contributed by atoms with Gasteiger partial charge in [0.25, 0.3) is 0 Å². The monoisotopic (exact) mass is 507 g/mol. The van der Waals surface area contributed by atoms with Gasteiger partial charge in [0, 0.05) is 31.2 Å². The topological polar surface area (TPSA) is 35.6 Å². The van der Waals surface area contributed by atoms with Gasteiger partial charge in [0.1, 0.15) is 0 Å². The summed E-state index contributed by atoms with van der Waals surface area (Å²) in [5.74, 6) is 0.782. The number of carbonyl (C=O) groups excluding carboxylic acids is 1. The Morgan fingerprint density at radius 3 is 1.95 bits per heavy atom. The van der Waals surface area contributed by atoms with E-state index in [2.05, 4.69) is 83.0 Å². The molecule has 2 bridgehead atoms. The molecule has 2 amide bonds. The average Bonchev–Trinajstić information content (AvgIpc) is 3.52. The molecule has 6 rings (SSSR count). The lowest BCUT2D eigenvalue weighted by Crippen LogP contribution is -2.46. The maximum Gasteiger partial charge on any atom is 0.317 e. The normalized spacial score (nSPS) is 24.2. The predicted octanol–water partition coefficient (Wildman–Crippen LogP) is 7.28. The SMILES string of the molecule is O=C(NC1CCC(CCN2C3CCC2c2ccccc23)CC1)N(CCc1ccccc1)Cc1ccccc1. The standard InChI is InChI=1S/C34H41N3O/c38-34(36(25-28-11-5-2-6-12-28)23-21-26-9-3-1-4-10-26)35-29-17-15-27(16-18-29)22-24-37-32-19-20-33(37)31-14-8-7-13-30(31)32/h1-14,27,29,32-33H,15-25H2,(H,35,38). The third-order valence-electron chi connectivity index (χ3n) is 9.21. The van der Waals surface area contributed by atoms with E-state index in [9.17, 15) is 4.79 Å². The molecule has 1 N–H and O–H groups in total. The summed E-state index contributed by atoms with van der Waals surface area (Å²) in [4.78, 5) is 18.2. The molecule has 0 aromatic heterocycles. The summed E-state index contributed by atoms with van der Waals surface area (Å²) in [6.45, 7) is 2.59. The highest BCUT2D eigenvalue weighted by molar-refractivity contribution is 5.74. The predicted molar refractivity (Wildman–Crippen MR) is 154 cm³/mol. The van der Waals surface area contributed by atoms with Crippen molar-refractivity contribution in [1.82, 2.24) is 15.1 Å². The van der Waals surface area contributed by atoms with Gasteiger partial charge in [-0.25, -0.2) is 4.79 Å². The van der Waals surface area contributed by atoms with Crippen LogP contribution < -0.4 is 5.32 Å². The molecular formula is C34H41N3O. The molecule has 3 aromatic carbocycles. The Hall–Kier alpha value is -3.11. The lowest BCUT2D eigenvalue weighted by molar-refractivity contribution is 0.173. The molecule has 4 nitrogen and oxygen atoms in total. The van der Waals surface area contributed by atoms with Crippen molar-refractivity contribution in [1.29, 1.82) is 0 Å². The van der Waals surface area contributed by atoms with Crippen molar-refractivity contribution in [2.24, 2.45) is 5.92 Å². The van der Waals surface area contributed by atoms with Crippen LogP contribution in [0.5, 0.6) is 0 Å². The molecule has 2 fully saturated rings. The molecule has 2 aliphatic heterocycles. The van der Waals surface area contributed by atoms with Gasteiger partial charge in [-0.05, 0) is 86.1 Å². The van der Waals surface area contributed by atoms with Crippen LogP contribution in [0.4, 0.5) is 4.79 Å². The van der Waals surface area contributed by atoms with Gasteiger partial charge in [0.2, 0.25) is 0 Å². The van der Waals surface area contributed by atoms with Gasteiger partial charge in [-0.2, -0.15) is 0 Å². The summed E-state index contributed by atoms with van der Waals surface area (Å²) in [5.41, 5.74) is 5.62. The van der Waals surface area contributed by atoms with Gasteiger partial charge in [0.15, 0.2) is 0 Å². The fourth-order valence-electron chi connectivity index (χ4n) is 7.12. The van der Waals surface area contributed by atoms with Gasteiger partial charge in [-0.3, -0.25) is 4.90 Å². The third kappa shape index (κ3) is 5.66. The molecule has 2 unspecified atom stereocenters. The zero-order chi connectivity index (χ0) is 25.7. The minimum absolute atomic E-state index is 0.0830. The van der Waals surface area contributed by atoms with Gasteiger partial charge in [0.05, 0.1) is 0 Å². The van der Waals surface area contributed by atoms with Crippen LogP contribution in [0.2, 0.25) is 0 Å². The number of amides is 2. The smallest absolute Gasteiger partial charge is 0.317 e. The maximum absolute atomic E-state index is 13.4. The number of hydrogen-bond donors (Lipinski definition) is 1. The highest BCUT2D eigenvalue weighted by atomic mass is 16.2. The van der Waals surface area contributed by atoms with Crippen LogP contribution in [0.3, 0.4) is 0 Å². The third-order valence-corrected chi connectivity index (χ3v) is 9.21. The van der Waals surface area contributed by atoms with E-state index in [4.69, 9.17) is 0 Å². The molecule has 1 saturated heterocycles. The van der Waals surface area contributed by atoms with E-state index in [1.165, 1.54) is 49.8 Å². The molecule has 1 aliphatic carbocycles. The lowest BCUT2D eigenvalue weighted by atomic mass is 9.84. The number of fused-ring (bicyclic) bond motifs is 5. The van der Waals surface area contributed by atoms with Crippen molar-refractivity contribution >= 4 is 6.03 Å². The molecule has 2 heterocycles. The molecule has 0 radical (unpaired) electrons. The van der Waals surface area contributed by atoms with E-state index >= 15 is 0 Å². The molecule has 3 aliphatic rings. The van der Waals surface area contributed by atoms with Gasteiger partial charge in [-0.15, -0.1) is 0 Å². The van der Waals surface area contributed by atoms with Crippen molar-refractivity contribution in [3.8, 4) is 0 Å². The summed E-state index contributed by atoms with van der Waals surface area (Å²) in [7, 11) is 0. The Kier molecular flexibility index (Phi) is 7.78. The van der Waals surface area contributed by atoms with Gasteiger partial charge < -0.3 is 10.2 Å². The summed E-state index contributed by atoms with van der Waals surface area (Å²) in [6.07, 6.45) is 9.46. The quantitative estimate of drug-likeness (QED) is 0.330. The van der Waals surface area contributed by atoms with Crippen molar-refractivity contribution in [3.63, 3.8) is 0 Å². The van der Waals surface area contributed by atoms with Crippen LogP contribution in [-0.2, 0) is 13.0 Å². The van der Waals surface area contributed by atoms with Crippen LogP contribution in [0.1, 0.15) is 79.3 Å². The molecule has 0 spiro atoms. The first-order valence-electron chi connectivity index (χ1n) is 14.7. The molecule has 2 atom stereocenters. The van der Waals surface area contributed by atoms with E-state index in [0.717, 1.165) is 31.7 Å². The Morgan fingerprint density at radius 2 is 1.32 bits per heavy atom. The number of carbonyl (C=O) groups is 1. The van der Waals surface area contributed by atoms with Crippen molar-refractivity contribution < 1.29 is 4.79 Å². The number of rotatable bonds is 9. The number of urea groups is 1. The van der Waals surface area contributed by atoms with Gasteiger partial charge in [-0.1, -0.05) is 84.9 Å². The number of benzene rings is 3. The second-order valence-corrected chi connectivity index (χ2v) is 11.6. The Bertz CT molecular complexity index is 1160. The highest BCUT2D eigenvalue weighted by Gasteiger charge is 2.43. The van der Waals surface area contributed by atoms with E-state index in [1.807, 2.05) is 17.0 Å². The number of nitrogens with zero attached hydrogens (tertiary/aromatic N) is 2. The summed E-state index contributed by atoms with van der Waals surface area (Å²) in [6, 6.07) is 31.6. The van der Waals surface area contributed by atoms with Crippen molar-refractivity contribution in [3.05, 3.63) is 107 Å². The molecule has 198 valence electrons. The number of hydrogen-bond acceptors (Lipinski definition) is 2. The molecular weight excluding hydrogens is 466 g/mol. The second-order valence-electron chi connectivity index (χ2n) is 11.6. The van der Waals surface area contributed by atoms with E-state index in [0.29, 0.717) is 24.7 Å². The van der Waals surface area contributed by atoms with Crippen LogP contribution in [0.15, 0.2) is 84.9 Å². The first-order valence-corrected chi connectivity index (χ1v) is 14.7. The minimum Gasteiger partial charge on any atom is -0.335 e. The van der Waals surface area contributed by atoms with Crippen LogP contribution in [0.25, 0.3) is 0 Å². The summed E-state index contributed by atoms with van der Waals surface area (Å²) in [5, 5.41) is 3.41. The van der Waals surface area contributed by atoms with E-state index < -0.39 is 0 Å². The highest BCUT2D eigenvalue weighted by Crippen LogP contribution is 2.53. The van der Waals surface area contributed by atoms with Crippen LogP contribution in [0, 0.1) is 5.92 Å². The molecule has 1 saturated carbocycles. The lowest BCUT2D eigenvalue weighted by Gasteiger charge is -2.33. The fraction of sp³-hybridized carbons (Fsp3) is 0.441. The van der Waals surface area contributed by atoms with Crippen LogP contribution >= 0.6 is 0 Å². The Balaban J connectivity index is 0.989. The fourth-order valence-corrected chi connectivity index (χ4v) is 7.12. The van der Waals surface area contributed by atoms with E-state index in [-0.39, 0.29) is 6.03 Å². The summed E-state index contributed by atoms with van der Waals surface area (Å²) >= 11 is 0. The van der Waals surface area contributed by atoms with Crippen molar-refractivity contribution in [2.45, 2.75) is 76.0 Å². The largest absolute Gasteiger partial charge is 0.335 e. The zero-order valence-electron chi connectivity index (χ0n) is 22.5. The molecule has 38 heavy (non-hydrogen) atoms. The van der Waals surface area contributed by atoms with Gasteiger partial charge >= 0.3 is 6.03 Å². The molecule has 4 heteroatoms. The number of nitrogens with one attached hydrogen (secondary N) is 1. The zero-order valence-corrected chi connectivity index (χ0v) is 22.5. The Morgan fingerprint density at radius 1 is 0.737 bits per heavy atom. The van der Waals surface area contributed by atoms with Crippen LogP contribution in [-0.4, -0.2) is 35.0 Å². The average molecular weight is 508 g/mol. The summed E-state index contributed by atoms with van der Waals surface area (Å²) < 4.78 is 0. The van der Waals surface area contributed by atoms with E-state index in [1.54, 1.807) is 11.1 Å². The Labute approximate surface area is 228 Å². The minimum atomic E-state index is 0.0830. The first kappa shape index (κ1) is 25.2. The molecule has 3 aromatic rings. The first-order chi connectivity index (χ1) is 18.7. The van der Waals surface area contributed by atoms with Crippen molar-refractivity contribution in [2.75, 3.05) is 13.1 Å².